The summed E-state index contributed by atoms with van der Waals surface area (Å²) in [7, 11) is 4.01. The maximum Gasteiger partial charge on any atom is 0.307 e. The monoisotopic (exact) mass is 556 g/mol. The molecule has 4 rings (SSSR count). The number of benzene rings is 2. The van der Waals surface area contributed by atoms with Crippen molar-refractivity contribution in [2.75, 3.05) is 39.9 Å². The molecule has 4 aromatic rings. The van der Waals surface area contributed by atoms with E-state index in [0.717, 1.165) is 5.56 Å². The molecule has 0 saturated carbocycles. The molecular weight excluding hydrogens is 528 g/mol. The lowest BCUT2D eigenvalue weighted by Crippen LogP contribution is -2.30. The van der Waals surface area contributed by atoms with Crippen molar-refractivity contribution in [2.45, 2.75) is 17.9 Å². The molecule has 0 bridgehead atoms. The molecular formula is C28H29ClN2O6S. The zero-order chi connectivity index (χ0) is 27.2. The Morgan fingerprint density at radius 3 is 2.39 bits per heavy atom. The van der Waals surface area contributed by atoms with Gasteiger partial charge < -0.3 is 24.1 Å². The van der Waals surface area contributed by atoms with Gasteiger partial charge in [0.05, 0.1) is 34.5 Å². The Morgan fingerprint density at radius 2 is 1.74 bits per heavy atom. The predicted molar refractivity (Wildman–Crippen MR) is 149 cm³/mol. The second-order valence-corrected chi connectivity index (χ2v) is 10.9. The Labute approximate surface area is 229 Å². The van der Waals surface area contributed by atoms with Crippen molar-refractivity contribution in [3.8, 4) is 28.7 Å². The largest absolute Gasteiger partial charge is 0.868 e. The fourth-order valence-electron chi connectivity index (χ4n) is 4.19. The summed E-state index contributed by atoms with van der Waals surface area (Å²) in [4.78, 5) is 18.3. The third-order valence-corrected chi connectivity index (χ3v) is 8.40. The minimum absolute atomic E-state index is 0.223. The first-order valence-electron chi connectivity index (χ1n) is 11.9. The molecule has 0 N–H and O–H groups in total. The number of hydrogen-bond acceptors (Lipinski definition) is 7. The van der Waals surface area contributed by atoms with Gasteiger partial charge in [0, 0.05) is 46.1 Å². The second kappa shape index (κ2) is 12.3. The van der Waals surface area contributed by atoms with Crippen LogP contribution >= 0.6 is 11.6 Å². The Balaban J connectivity index is 1.55. The van der Waals surface area contributed by atoms with Gasteiger partial charge in [-0.05, 0) is 23.4 Å². The van der Waals surface area contributed by atoms with Crippen molar-refractivity contribution >= 4 is 33.5 Å². The summed E-state index contributed by atoms with van der Waals surface area (Å²) < 4.78 is 23.6. The van der Waals surface area contributed by atoms with E-state index in [1.165, 1.54) is 0 Å². The number of nitrogens with zero attached hydrogens (tertiary/aromatic N) is 2. The van der Waals surface area contributed by atoms with Crippen LogP contribution in [0.25, 0.3) is 11.0 Å². The number of halogens is 1. The summed E-state index contributed by atoms with van der Waals surface area (Å²) in [6.07, 6.45) is 4.13. The zero-order valence-electron chi connectivity index (χ0n) is 21.7. The van der Waals surface area contributed by atoms with Crippen LogP contribution in [0, 0.1) is 0 Å². The lowest BCUT2D eigenvalue weighted by Gasteiger charge is -2.19. The molecule has 0 radical (unpaired) electrons. The number of fused-ring (bicyclic) bond motifs is 1. The van der Waals surface area contributed by atoms with E-state index in [9.17, 15) is 9.90 Å². The van der Waals surface area contributed by atoms with Gasteiger partial charge in [-0.3, -0.25) is 9.36 Å². The standard InChI is InChI=1S/C28H29ClN2O6S/c1-34-22-15-19(16-23(35-2)25(22)36-3)37-13-8-14-38(4)26-24(32)20-10-7-12-30-27(20)31(28(26)33)17-18-9-5-6-11-21(18)29/h5-7,9-12,15-16H,8,13-14,17H2,1-4H3. The Morgan fingerprint density at radius 1 is 1.03 bits per heavy atom. The number of hydrogen-bond donors (Lipinski definition) is 0. The predicted octanol–water partition coefficient (Wildman–Crippen LogP) is 4.27. The van der Waals surface area contributed by atoms with Gasteiger partial charge in [0.2, 0.25) is 10.6 Å². The summed E-state index contributed by atoms with van der Waals surface area (Å²) in [6, 6.07) is 14.2. The highest BCUT2D eigenvalue weighted by Gasteiger charge is 2.25. The maximum atomic E-state index is 13.6. The molecule has 8 nitrogen and oxygen atoms in total. The number of ether oxygens (including phenoxy) is 4. The third kappa shape index (κ3) is 5.63. The molecule has 0 fully saturated rings. The highest BCUT2D eigenvalue weighted by molar-refractivity contribution is 7.96. The number of rotatable bonds is 11. The topological polar surface area (TPSA) is 94.9 Å². The molecule has 10 heteroatoms. The maximum absolute atomic E-state index is 13.6. The van der Waals surface area contributed by atoms with Gasteiger partial charge in [0.25, 0.3) is 0 Å². The molecule has 38 heavy (non-hydrogen) atoms. The lowest BCUT2D eigenvalue weighted by atomic mass is 10.2. The number of methoxy groups -OCH3 is 3. The highest BCUT2D eigenvalue weighted by atomic mass is 35.5. The van der Waals surface area contributed by atoms with Crippen LogP contribution in [-0.4, -0.2) is 49.5 Å². The van der Waals surface area contributed by atoms with Crippen molar-refractivity contribution < 1.29 is 24.1 Å². The summed E-state index contributed by atoms with van der Waals surface area (Å²) >= 11 is 6.37. The molecule has 2 aromatic carbocycles. The smallest absolute Gasteiger partial charge is 0.307 e. The molecule has 0 aliphatic carbocycles. The van der Waals surface area contributed by atoms with Crippen LogP contribution in [0.4, 0.5) is 0 Å². The Kier molecular flexibility index (Phi) is 8.91. The van der Waals surface area contributed by atoms with Crippen LogP contribution < -0.4 is 29.6 Å². The highest BCUT2D eigenvalue weighted by Crippen LogP contribution is 2.40. The molecule has 0 saturated heterocycles. The average molecular weight is 557 g/mol. The summed E-state index contributed by atoms with van der Waals surface area (Å²) in [6.45, 7) is 0.605. The Bertz CT molecular complexity index is 1470. The SMILES string of the molecule is COc1cc(OCCC[S+](C)c2c([O-])c3cccnc3n(Cc3ccccc3Cl)c2=O)cc(OC)c1OC. The van der Waals surface area contributed by atoms with Gasteiger partial charge in [-0.1, -0.05) is 35.9 Å². The fourth-order valence-corrected chi connectivity index (χ4v) is 5.97. The van der Waals surface area contributed by atoms with Crippen molar-refractivity contribution in [1.29, 1.82) is 0 Å². The second-order valence-electron chi connectivity index (χ2n) is 8.42. The zero-order valence-corrected chi connectivity index (χ0v) is 23.2. The molecule has 200 valence electrons. The van der Waals surface area contributed by atoms with Gasteiger partial charge in [0.15, 0.2) is 11.5 Å². The van der Waals surface area contributed by atoms with E-state index in [1.807, 2.05) is 24.5 Å². The molecule has 0 spiro atoms. The van der Waals surface area contributed by atoms with Gasteiger partial charge in [-0.25, -0.2) is 4.98 Å². The molecule has 0 aliphatic heterocycles. The summed E-state index contributed by atoms with van der Waals surface area (Å²) in [5.74, 6) is 2.38. The van der Waals surface area contributed by atoms with E-state index >= 15 is 0 Å². The quantitative estimate of drug-likeness (QED) is 0.201. The van der Waals surface area contributed by atoms with Crippen LogP contribution in [0.5, 0.6) is 28.7 Å². The van der Waals surface area contributed by atoms with Crippen molar-refractivity contribution in [3.63, 3.8) is 0 Å². The van der Waals surface area contributed by atoms with Crippen LogP contribution in [-0.2, 0) is 17.4 Å². The molecule has 1 unspecified atom stereocenters. The van der Waals surface area contributed by atoms with Gasteiger partial charge in [-0.2, -0.15) is 0 Å². The Hall–Kier alpha value is -3.56. The third-order valence-electron chi connectivity index (χ3n) is 6.07. The molecule has 0 amide bonds. The van der Waals surface area contributed by atoms with Crippen molar-refractivity contribution in [1.82, 2.24) is 9.55 Å². The average Bonchev–Trinajstić information content (AvgIpc) is 2.93. The number of aromatic nitrogens is 2. The van der Waals surface area contributed by atoms with E-state index in [0.29, 0.717) is 57.8 Å². The van der Waals surface area contributed by atoms with Crippen molar-refractivity contribution in [3.05, 3.63) is 75.7 Å². The van der Waals surface area contributed by atoms with Gasteiger partial charge in [-0.15, -0.1) is 0 Å². The van der Waals surface area contributed by atoms with E-state index < -0.39 is 10.9 Å². The van der Waals surface area contributed by atoms with Crippen LogP contribution in [0.3, 0.4) is 0 Å². The van der Waals surface area contributed by atoms with E-state index in [2.05, 4.69) is 4.98 Å². The molecule has 2 aromatic heterocycles. The minimum atomic E-state index is -0.617. The molecule has 1 atom stereocenters. The first-order chi connectivity index (χ1) is 18.4. The number of pyridine rings is 2. The molecule has 0 aliphatic rings. The van der Waals surface area contributed by atoms with Gasteiger partial charge in [0.1, 0.15) is 23.4 Å². The van der Waals surface area contributed by atoms with E-state index in [-0.39, 0.29) is 22.7 Å². The van der Waals surface area contributed by atoms with Crippen molar-refractivity contribution in [2.24, 2.45) is 0 Å². The van der Waals surface area contributed by atoms with Crippen LogP contribution in [0.1, 0.15) is 12.0 Å². The van der Waals surface area contributed by atoms with Crippen LogP contribution in [0.15, 0.2) is 64.4 Å². The first-order valence-corrected chi connectivity index (χ1v) is 14.0. The normalized spacial score (nSPS) is 11.8. The molecule has 2 heterocycles. The van der Waals surface area contributed by atoms with Crippen LogP contribution in [0.2, 0.25) is 5.02 Å². The minimum Gasteiger partial charge on any atom is -0.868 e. The summed E-state index contributed by atoms with van der Waals surface area (Å²) in [5.41, 5.74) is 0.800. The lowest BCUT2D eigenvalue weighted by molar-refractivity contribution is -0.270. The van der Waals surface area contributed by atoms with E-state index in [1.54, 1.807) is 62.4 Å². The fraction of sp³-hybridized carbons (Fsp3) is 0.286. The first kappa shape index (κ1) is 27.5. The van der Waals surface area contributed by atoms with Gasteiger partial charge >= 0.3 is 5.56 Å². The summed E-state index contributed by atoms with van der Waals surface area (Å²) in [5, 5.41) is 14.3. The van der Waals surface area contributed by atoms with E-state index in [4.69, 9.17) is 30.5 Å².